The summed E-state index contributed by atoms with van der Waals surface area (Å²) >= 11 is 0. The van der Waals surface area contributed by atoms with Crippen molar-refractivity contribution in [2.75, 3.05) is 39.9 Å². The number of rotatable bonds is 3. The number of carbonyl (C=O) groups is 2. The Labute approximate surface area is 171 Å². The van der Waals surface area contributed by atoms with Gasteiger partial charge in [-0.05, 0) is 37.3 Å². The summed E-state index contributed by atoms with van der Waals surface area (Å²) in [5.74, 6) is 0.752. The predicted octanol–water partition coefficient (Wildman–Crippen LogP) is 2.95. The van der Waals surface area contributed by atoms with Crippen molar-refractivity contribution in [1.29, 1.82) is 0 Å². The Morgan fingerprint density at radius 1 is 1.03 bits per heavy atom. The number of methoxy groups -OCH3 is 1. The summed E-state index contributed by atoms with van der Waals surface area (Å²) in [6.07, 6.45) is 1.74. The fourth-order valence-electron chi connectivity index (χ4n) is 4.45. The van der Waals surface area contributed by atoms with E-state index in [9.17, 15) is 9.59 Å². The van der Waals surface area contributed by atoms with Gasteiger partial charge in [-0.1, -0.05) is 24.3 Å². The molecule has 6 nitrogen and oxygen atoms in total. The molecule has 0 aliphatic carbocycles. The number of carbonyl (C=O) groups excluding carboxylic acids is 2. The minimum absolute atomic E-state index is 0.0169. The molecule has 6 heteroatoms. The van der Waals surface area contributed by atoms with Crippen molar-refractivity contribution in [3.63, 3.8) is 0 Å². The zero-order valence-electron chi connectivity index (χ0n) is 17.1. The maximum Gasteiger partial charge on any atom is 0.254 e. The van der Waals surface area contributed by atoms with E-state index in [1.807, 2.05) is 53.1 Å². The number of hydrogen-bond acceptors (Lipinski definition) is 4. The minimum atomic E-state index is -0.137. The van der Waals surface area contributed by atoms with Crippen molar-refractivity contribution < 1.29 is 19.1 Å². The number of nitrogens with zero attached hydrogens (tertiary/aromatic N) is 2. The van der Waals surface area contributed by atoms with Gasteiger partial charge in [0, 0.05) is 37.1 Å². The van der Waals surface area contributed by atoms with Gasteiger partial charge in [0.15, 0.2) is 0 Å². The van der Waals surface area contributed by atoms with Gasteiger partial charge in [-0.3, -0.25) is 9.59 Å². The van der Waals surface area contributed by atoms with Gasteiger partial charge in [0.2, 0.25) is 5.91 Å². The van der Waals surface area contributed by atoms with Gasteiger partial charge in [-0.15, -0.1) is 0 Å². The molecule has 0 N–H and O–H groups in total. The summed E-state index contributed by atoms with van der Waals surface area (Å²) in [5.41, 5.74) is 0.662. The number of fused-ring (bicyclic) bond motifs is 1. The zero-order chi connectivity index (χ0) is 20.4. The van der Waals surface area contributed by atoms with Gasteiger partial charge >= 0.3 is 0 Å². The van der Waals surface area contributed by atoms with E-state index < -0.39 is 0 Å². The third-order valence-corrected chi connectivity index (χ3v) is 5.94. The number of hydrogen-bond donors (Lipinski definition) is 0. The second kappa shape index (κ2) is 8.41. The Morgan fingerprint density at radius 3 is 2.59 bits per heavy atom. The largest absolute Gasteiger partial charge is 0.496 e. The van der Waals surface area contributed by atoms with Crippen LogP contribution in [0.25, 0.3) is 10.8 Å². The van der Waals surface area contributed by atoms with Crippen molar-refractivity contribution in [2.24, 2.45) is 5.92 Å². The molecule has 0 aromatic heterocycles. The van der Waals surface area contributed by atoms with Crippen LogP contribution in [0.5, 0.6) is 5.75 Å². The molecule has 0 radical (unpaired) electrons. The number of benzene rings is 2. The molecule has 2 atom stereocenters. The Kier molecular flexibility index (Phi) is 5.72. The van der Waals surface area contributed by atoms with Crippen LogP contribution < -0.4 is 4.74 Å². The van der Waals surface area contributed by atoms with E-state index in [4.69, 9.17) is 9.47 Å². The minimum Gasteiger partial charge on any atom is -0.496 e. The zero-order valence-corrected chi connectivity index (χ0v) is 17.1. The smallest absolute Gasteiger partial charge is 0.254 e. The highest BCUT2D eigenvalue weighted by Gasteiger charge is 2.33. The van der Waals surface area contributed by atoms with E-state index in [0.29, 0.717) is 38.3 Å². The van der Waals surface area contributed by atoms with E-state index in [0.717, 1.165) is 29.4 Å². The quantitative estimate of drug-likeness (QED) is 0.800. The fraction of sp³-hybridized carbons (Fsp3) is 0.478. The Hall–Kier alpha value is -2.60. The molecule has 0 bridgehead atoms. The lowest BCUT2D eigenvalue weighted by atomic mass is 9.94. The summed E-state index contributed by atoms with van der Waals surface area (Å²) in [5, 5.41) is 1.81. The molecule has 4 rings (SSSR count). The first-order valence-electron chi connectivity index (χ1n) is 10.3. The second-order valence-corrected chi connectivity index (χ2v) is 7.92. The lowest BCUT2D eigenvalue weighted by Gasteiger charge is -2.37. The summed E-state index contributed by atoms with van der Waals surface area (Å²) in [7, 11) is 1.64. The average Bonchev–Trinajstić information content (AvgIpc) is 2.77. The molecule has 2 aromatic rings. The van der Waals surface area contributed by atoms with Crippen molar-refractivity contribution in [1.82, 2.24) is 9.80 Å². The molecule has 2 aliphatic heterocycles. The topological polar surface area (TPSA) is 59.1 Å². The van der Waals surface area contributed by atoms with Crippen LogP contribution in [0.15, 0.2) is 36.4 Å². The molecular weight excluding hydrogens is 368 g/mol. The third kappa shape index (κ3) is 3.94. The summed E-state index contributed by atoms with van der Waals surface area (Å²) in [6, 6.07) is 11.5. The lowest BCUT2D eigenvalue weighted by molar-refractivity contribution is -0.143. The average molecular weight is 396 g/mol. The van der Waals surface area contributed by atoms with E-state index in [-0.39, 0.29) is 23.8 Å². The number of amides is 2. The molecule has 2 heterocycles. The molecule has 2 aliphatic rings. The lowest BCUT2D eigenvalue weighted by Crippen LogP contribution is -2.51. The first-order chi connectivity index (χ1) is 14.1. The number of likely N-dealkylation sites (tertiary alicyclic amines) is 1. The standard InChI is InChI=1S/C23H28N2O4/c1-16-14-25(12-13-29-16)22(26)17-6-5-11-24(15-17)23(27)20-9-10-21(28-2)19-8-4-3-7-18(19)20/h3-4,7-10,16-17H,5-6,11-15H2,1-2H3. The molecule has 2 saturated heterocycles. The third-order valence-electron chi connectivity index (χ3n) is 5.94. The molecule has 0 spiro atoms. The second-order valence-electron chi connectivity index (χ2n) is 7.92. The van der Waals surface area contributed by atoms with Crippen molar-refractivity contribution in [3.8, 4) is 5.75 Å². The van der Waals surface area contributed by atoms with Gasteiger partial charge in [0.25, 0.3) is 5.91 Å². The fourth-order valence-corrected chi connectivity index (χ4v) is 4.45. The molecule has 0 saturated carbocycles. The van der Waals surface area contributed by atoms with Crippen LogP contribution in [-0.2, 0) is 9.53 Å². The normalized spacial score (nSPS) is 22.6. The maximum atomic E-state index is 13.4. The molecule has 2 aromatic carbocycles. The predicted molar refractivity (Wildman–Crippen MR) is 111 cm³/mol. The van der Waals surface area contributed by atoms with Gasteiger partial charge in [-0.25, -0.2) is 0 Å². The van der Waals surface area contributed by atoms with Crippen molar-refractivity contribution in [2.45, 2.75) is 25.9 Å². The van der Waals surface area contributed by atoms with E-state index in [1.54, 1.807) is 7.11 Å². The summed E-state index contributed by atoms with van der Waals surface area (Å²) < 4.78 is 11.0. The van der Waals surface area contributed by atoms with Crippen LogP contribution in [0, 0.1) is 5.92 Å². The highest BCUT2D eigenvalue weighted by Crippen LogP contribution is 2.30. The highest BCUT2D eigenvalue weighted by atomic mass is 16.5. The SMILES string of the molecule is COc1ccc(C(=O)N2CCCC(C(=O)N3CCOC(C)C3)C2)c2ccccc12. The van der Waals surface area contributed by atoms with Crippen LogP contribution in [-0.4, -0.2) is 67.6 Å². The van der Waals surface area contributed by atoms with E-state index in [1.165, 1.54) is 0 Å². The van der Waals surface area contributed by atoms with E-state index >= 15 is 0 Å². The number of piperidine rings is 1. The van der Waals surface area contributed by atoms with E-state index in [2.05, 4.69) is 0 Å². The van der Waals surface area contributed by atoms with Crippen LogP contribution in [0.4, 0.5) is 0 Å². The molecule has 2 amide bonds. The first kappa shape index (κ1) is 19.7. The summed E-state index contributed by atoms with van der Waals surface area (Å²) in [4.78, 5) is 30.1. The van der Waals surface area contributed by atoms with Crippen LogP contribution >= 0.6 is 0 Å². The van der Waals surface area contributed by atoms with Crippen LogP contribution in [0.1, 0.15) is 30.1 Å². The van der Waals surface area contributed by atoms with Crippen molar-refractivity contribution >= 4 is 22.6 Å². The van der Waals surface area contributed by atoms with Gasteiger partial charge in [0.05, 0.1) is 25.7 Å². The van der Waals surface area contributed by atoms with Gasteiger partial charge in [-0.2, -0.15) is 0 Å². The molecule has 2 fully saturated rings. The monoisotopic (exact) mass is 396 g/mol. The number of ether oxygens (including phenoxy) is 2. The van der Waals surface area contributed by atoms with Crippen molar-refractivity contribution in [3.05, 3.63) is 42.0 Å². The first-order valence-corrected chi connectivity index (χ1v) is 10.3. The number of morpholine rings is 1. The van der Waals surface area contributed by atoms with Gasteiger partial charge in [0.1, 0.15) is 5.75 Å². The molecule has 2 unspecified atom stereocenters. The Morgan fingerprint density at radius 2 is 1.83 bits per heavy atom. The Bertz CT molecular complexity index is 913. The molecule has 29 heavy (non-hydrogen) atoms. The van der Waals surface area contributed by atoms with Gasteiger partial charge < -0.3 is 19.3 Å². The molecular formula is C23H28N2O4. The maximum absolute atomic E-state index is 13.4. The highest BCUT2D eigenvalue weighted by molar-refractivity contribution is 6.08. The summed E-state index contributed by atoms with van der Waals surface area (Å²) in [6.45, 7) is 5.00. The molecule has 154 valence electrons. The van der Waals surface area contributed by atoms with Crippen LogP contribution in [0.3, 0.4) is 0 Å². The van der Waals surface area contributed by atoms with Crippen LogP contribution in [0.2, 0.25) is 0 Å². The Balaban J connectivity index is 1.54.